The summed E-state index contributed by atoms with van der Waals surface area (Å²) in [6.07, 6.45) is 20.9. The van der Waals surface area contributed by atoms with Gasteiger partial charge in [0, 0.05) is 37.1 Å². The molecule has 0 radical (unpaired) electrons. The number of carbonyl (C=O) groups excluding carboxylic acids is 3. The van der Waals surface area contributed by atoms with Gasteiger partial charge in [-0.1, -0.05) is 161 Å². The molecular formula is C45H82N7O17P3S. The molecule has 0 saturated carbocycles. The highest BCUT2D eigenvalue weighted by molar-refractivity contribution is 8.13. The van der Waals surface area contributed by atoms with E-state index in [1.165, 1.54) is 129 Å². The minimum Gasteiger partial charge on any atom is -0.386 e. The lowest BCUT2D eigenvalue weighted by molar-refractivity contribution is -0.137. The first-order valence-corrected chi connectivity index (χ1v) is 31.1. The van der Waals surface area contributed by atoms with Crippen molar-refractivity contribution in [3.05, 3.63) is 12.7 Å². The van der Waals surface area contributed by atoms with Crippen LogP contribution in [-0.2, 0) is 50.7 Å². The lowest BCUT2D eigenvalue weighted by Gasteiger charge is -2.30. The van der Waals surface area contributed by atoms with Gasteiger partial charge < -0.3 is 50.9 Å². The van der Waals surface area contributed by atoms with E-state index in [4.69, 9.17) is 19.5 Å². The molecule has 0 spiro atoms. The second-order valence-corrected chi connectivity index (χ2v) is 24.5. The number of carbonyl (C=O) groups is 3. The Morgan fingerprint density at radius 1 is 0.781 bits per heavy atom. The zero-order chi connectivity index (χ0) is 53.9. The molecule has 1 saturated heterocycles. The Kier molecular flexibility index (Phi) is 29.9. The predicted molar refractivity (Wildman–Crippen MR) is 274 cm³/mol. The zero-order valence-corrected chi connectivity index (χ0v) is 46.1. The molecule has 2 aromatic rings. The normalized spacial score (nSPS) is 19.4. The fraction of sp³-hybridized carbons (Fsp3) is 0.822. The van der Waals surface area contributed by atoms with Crippen LogP contribution in [0.25, 0.3) is 11.2 Å². The van der Waals surface area contributed by atoms with Crippen LogP contribution in [0.2, 0.25) is 0 Å². The third kappa shape index (κ3) is 26.0. The number of nitrogens with zero attached hydrogens (tertiary/aromatic N) is 4. The molecule has 73 heavy (non-hydrogen) atoms. The molecule has 420 valence electrons. The number of phosphoric ester groups is 3. The summed E-state index contributed by atoms with van der Waals surface area (Å²) in [5.74, 6) is -1.01. The van der Waals surface area contributed by atoms with Crippen molar-refractivity contribution < 1.29 is 80.5 Å². The van der Waals surface area contributed by atoms with E-state index in [1.807, 2.05) is 0 Å². The molecule has 2 aromatic heterocycles. The maximum Gasteiger partial charge on any atom is 0.481 e. The number of nitrogen functional groups attached to an aromatic ring is 1. The van der Waals surface area contributed by atoms with Gasteiger partial charge >= 0.3 is 23.5 Å². The van der Waals surface area contributed by atoms with E-state index >= 15 is 0 Å². The van der Waals surface area contributed by atoms with Gasteiger partial charge in [0.05, 0.1) is 19.5 Å². The maximum absolute atomic E-state index is 12.8. The minimum absolute atomic E-state index is 0.0346. The lowest BCUT2D eigenvalue weighted by Crippen LogP contribution is -2.46. The summed E-state index contributed by atoms with van der Waals surface area (Å²) in [6.45, 7) is 2.86. The average Bonchev–Trinajstić information content (AvgIpc) is 3.88. The Morgan fingerprint density at radius 3 is 1.86 bits per heavy atom. The molecule has 10 N–H and O–H groups in total. The van der Waals surface area contributed by atoms with Gasteiger partial charge in [0.25, 0.3) is 0 Å². The van der Waals surface area contributed by atoms with E-state index in [9.17, 15) is 57.9 Å². The average molecular weight is 1120 g/mol. The van der Waals surface area contributed by atoms with Crippen molar-refractivity contribution >= 4 is 69.1 Å². The SMILES string of the molecule is CCCCCCCCCCCCCCCCCCCCCCCC(=O)SCCNC(=O)CCNC(=O)[C@H](O)C(C)(C)COP(=O)(O)OP(=O)(O)OC[C@H]1O[C@@H](n2cnc3c(N)ncnc32)C(O)[C@H]1OP(=O)(O)O. The van der Waals surface area contributed by atoms with Crippen LogP contribution in [0, 0.1) is 5.41 Å². The number of nitrogens with one attached hydrogen (secondary N) is 2. The highest BCUT2D eigenvalue weighted by atomic mass is 32.2. The molecule has 0 aliphatic carbocycles. The molecule has 1 fully saturated rings. The molecule has 0 aromatic carbocycles. The van der Waals surface area contributed by atoms with Gasteiger partial charge in [0.2, 0.25) is 11.8 Å². The van der Waals surface area contributed by atoms with Crippen molar-refractivity contribution in [2.75, 3.05) is 37.8 Å². The van der Waals surface area contributed by atoms with Crippen molar-refractivity contribution in [1.29, 1.82) is 0 Å². The molecule has 1 aliphatic rings. The summed E-state index contributed by atoms with van der Waals surface area (Å²) in [5, 5.41) is 26.7. The van der Waals surface area contributed by atoms with E-state index in [-0.39, 0.29) is 41.6 Å². The number of aliphatic hydroxyl groups excluding tert-OH is 2. The van der Waals surface area contributed by atoms with E-state index in [1.54, 1.807) is 0 Å². The summed E-state index contributed by atoms with van der Waals surface area (Å²) in [4.78, 5) is 88.6. The third-order valence-corrected chi connectivity index (χ3v) is 16.3. The van der Waals surface area contributed by atoms with Gasteiger partial charge in [-0.15, -0.1) is 0 Å². The Bertz CT molecular complexity index is 2100. The predicted octanol–water partition coefficient (Wildman–Crippen LogP) is 7.27. The number of anilines is 1. The Balaban J connectivity index is 1.22. The van der Waals surface area contributed by atoms with Crippen molar-refractivity contribution in [2.24, 2.45) is 5.41 Å². The highest BCUT2D eigenvalue weighted by Crippen LogP contribution is 2.61. The quantitative estimate of drug-likeness (QED) is 0.0233. The molecule has 7 atom stereocenters. The number of rotatable bonds is 41. The first-order valence-electron chi connectivity index (χ1n) is 25.6. The molecule has 24 nitrogen and oxygen atoms in total. The van der Waals surface area contributed by atoms with Crippen molar-refractivity contribution in [3.63, 3.8) is 0 Å². The minimum atomic E-state index is -5.58. The Morgan fingerprint density at radius 2 is 1.32 bits per heavy atom. The second kappa shape index (κ2) is 33.7. The van der Waals surface area contributed by atoms with Crippen LogP contribution in [0.5, 0.6) is 0 Å². The van der Waals surface area contributed by atoms with Gasteiger partial charge in [-0.3, -0.25) is 32.5 Å². The van der Waals surface area contributed by atoms with Crippen LogP contribution in [-0.4, -0.2) is 123 Å². The highest BCUT2D eigenvalue weighted by Gasteiger charge is 2.50. The Labute approximate surface area is 433 Å². The third-order valence-electron chi connectivity index (χ3n) is 12.2. The number of aromatic nitrogens is 4. The summed E-state index contributed by atoms with van der Waals surface area (Å²) in [5.41, 5.74) is 4.30. The number of imidazole rings is 1. The number of aliphatic hydroxyl groups is 2. The van der Waals surface area contributed by atoms with Crippen LogP contribution < -0.4 is 16.4 Å². The summed E-state index contributed by atoms with van der Waals surface area (Å²) >= 11 is 1.16. The smallest absolute Gasteiger partial charge is 0.386 e. The van der Waals surface area contributed by atoms with Gasteiger partial charge in [-0.05, 0) is 6.42 Å². The van der Waals surface area contributed by atoms with Gasteiger partial charge in [-0.2, -0.15) is 4.31 Å². The van der Waals surface area contributed by atoms with Gasteiger partial charge in [0.1, 0.15) is 36.3 Å². The van der Waals surface area contributed by atoms with Crippen molar-refractivity contribution in [3.8, 4) is 0 Å². The second-order valence-electron chi connectivity index (χ2n) is 19.1. The monoisotopic (exact) mass is 1120 g/mol. The summed E-state index contributed by atoms with van der Waals surface area (Å²) in [7, 11) is -16.4. The van der Waals surface area contributed by atoms with Crippen LogP contribution in [0.15, 0.2) is 12.7 Å². The van der Waals surface area contributed by atoms with Crippen LogP contribution >= 0.6 is 35.2 Å². The van der Waals surface area contributed by atoms with Gasteiger partial charge in [0.15, 0.2) is 22.8 Å². The van der Waals surface area contributed by atoms with E-state index < -0.39 is 84.6 Å². The topological polar surface area (TPSA) is 364 Å². The number of thioether (sulfide) groups is 1. The number of hydrogen-bond acceptors (Lipinski definition) is 18. The standard InChI is InChI=1S/C45H82N7O17P3S/c1-4-5-6-7-8-9-10-11-12-13-14-15-16-17-18-19-20-21-22-23-24-25-36(54)73-29-28-47-35(53)26-27-48-43(57)40(56)45(2,3)31-66-72(63,64)69-71(61,62)65-30-34-39(68-70(58,59)60)38(55)44(67-34)52-33-51-37-41(46)49-32-50-42(37)52/h32-34,38-40,44,55-56H,4-31H2,1-3H3,(H,47,53)(H,48,57)(H,61,62)(H,63,64)(H2,46,49,50)(H2,58,59,60)/t34-,38?,39+,40+,44-/m1/s1. The first kappa shape index (κ1) is 64.8. The van der Waals surface area contributed by atoms with Crippen LogP contribution in [0.4, 0.5) is 5.82 Å². The van der Waals surface area contributed by atoms with Crippen molar-refractivity contribution in [2.45, 2.75) is 199 Å². The molecule has 3 rings (SSSR count). The molecule has 2 amide bonds. The number of amides is 2. The number of unbranched alkanes of at least 4 members (excludes halogenated alkanes) is 20. The molecule has 1 aliphatic heterocycles. The maximum atomic E-state index is 12.8. The number of phosphoric acid groups is 3. The number of fused-ring (bicyclic) bond motifs is 1. The lowest BCUT2D eigenvalue weighted by atomic mass is 9.87. The first-order chi connectivity index (χ1) is 34.6. The fourth-order valence-corrected chi connectivity index (χ4v) is 11.6. The molecule has 3 heterocycles. The molecule has 0 bridgehead atoms. The van der Waals surface area contributed by atoms with Crippen LogP contribution in [0.1, 0.15) is 175 Å². The summed E-state index contributed by atoms with van der Waals surface area (Å²) < 4.78 is 62.5. The fourth-order valence-electron chi connectivity index (χ4n) is 8.07. The number of ether oxygens (including phenoxy) is 1. The van der Waals surface area contributed by atoms with Crippen molar-refractivity contribution in [1.82, 2.24) is 30.2 Å². The summed E-state index contributed by atoms with van der Waals surface area (Å²) in [6, 6.07) is 0. The Hall–Kier alpha value is -2.44. The molecular weight excluding hydrogens is 1040 g/mol. The van der Waals surface area contributed by atoms with Crippen LogP contribution in [0.3, 0.4) is 0 Å². The zero-order valence-electron chi connectivity index (χ0n) is 42.6. The van der Waals surface area contributed by atoms with E-state index in [2.05, 4.69) is 41.3 Å². The molecule has 3 unspecified atom stereocenters. The number of nitrogens with two attached hydrogens (primary N) is 1. The largest absolute Gasteiger partial charge is 0.481 e. The van der Waals surface area contributed by atoms with E-state index in [0.29, 0.717) is 12.2 Å². The molecule has 28 heteroatoms. The van der Waals surface area contributed by atoms with Gasteiger partial charge in [-0.25, -0.2) is 28.6 Å². The number of hydrogen-bond donors (Lipinski definition) is 9. The van der Waals surface area contributed by atoms with E-state index in [0.717, 1.165) is 48.2 Å².